The van der Waals surface area contributed by atoms with Gasteiger partial charge in [0.2, 0.25) is 0 Å². The predicted octanol–water partition coefficient (Wildman–Crippen LogP) is 4.60. The van der Waals surface area contributed by atoms with Gasteiger partial charge in [0.15, 0.2) is 0 Å². The summed E-state index contributed by atoms with van der Waals surface area (Å²) >= 11 is 0. The Bertz CT molecular complexity index is 984. The normalized spacial score (nSPS) is 12.7. The van der Waals surface area contributed by atoms with E-state index in [0.29, 0.717) is 18.7 Å². The van der Waals surface area contributed by atoms with Gasteiger partial charge in [-0.15, -0.1) is 6.58 Å². The minimum atomic E-state index is -0.220. The Morgan fingerprint density at radius 2 is 1.68 bits per heavy atom. The first-order valence-corrected chi connectivity index (χ1v) is 10.5. The van der Waals surface area contributed by atoms with Crippen LogP contribution in [0, 0.1) is 5.92 Å². The number of hydrogen-bond donors (Lipinski definition) is 2. The van der Waals surface area contributed by atoms with Crippen molar-refractivity contribution in [3.8, 4) is 11.1 Å². The van der Waals surface area contributed by atoms with E-state index in [0.717, 1.165) is 23.1 Å². The van der Waals surface area contributed by atoms with Crippen LogP contribution in [0.3, 0.4) is 0 Å². The molecular weight excluding hydrogens is 384 g/mol. The number of amides is 1. The standard InChI is InChI=1S/C27H30N2O2/c1-3-26(25(19-31-2)17-20-8-7-9-21(16-20)18-28)29-27(30)24-14-12-23(13-15-24)22-10-5-4-6-11-22/h3-16,25-26H,1,17-19,28H2,2H3,(H,29,30). The summed E-state index contributed by atoms with van der Waals surface area (Å²) in [6.45, 7) is 4.96. The lowest BCUT2D eigenvalue weighted by molar-refractivity contribution is 0.0902. The summed E-state index contributed by atoms with van der Waals surface area (Å²) in [6, 6.07) is 25.7. The molecule has 0 bridgehead atoms. The molecule has 0 radical (unpaired) electrons. The van der Waals surface area contributed by atoms with Crippen molar-refractivity contribution in [2.24, 2.45) is 11.7 Å². The lowest BCUT2D eigenvalue weighted by Crippen LogP contribution is -2.41. The van der Waals surface area contributed by atoms with E-state index in [9.17, 15) is 4.79 Å². The first kappa shape index (κ1) is 22.5. The molecule has 0 aromatic heterocycles. The van der Waals surface area contributed by atoms with Crippen LogP contribution < -0.4 is 11.1 Å². The molecule has 0 aliphatic carbocycles. The molecule has 0 saturated carbocycles. The van der Waals surface area contributed by atoms with Crippen LogP contribution in [0.15, 0.2) is 91.5 Å². The molecule has 0 spiro atoms. The van der Waals surface area contributed by atoms with Gasteiger partial charge in [0.1, 0.15) is 0 Å². The van der Waals surface area contributed by atoms with E-state index < -0.39 is 0 Å². The molecule has 4 nitrogen and oxygen atoms in total. The average Bonchev–Trinajstić information content (AvgIpc) is 2.83. The molecule has 3 rings (SSSR count). The van der Waals surface area contributed by atoms with Gasteiger partial charge in [0.05, 0.1) is 12.6 Å². The Hall–Kier alpha value is -3.21. The van der Waals surface area contributed by atoms with Crippen LogP contribution in [0.1, 0.15) is 21.5 Å². The Labute approximate surface area is 184 Å². The Morgan fingerprint density at radius 3 is 2.32 bits per heavy atom. The second kappa shape index (κ2) is 11.3. The van der Waals surface area contributed by atoms with Crippen LogP contribution in [0.5, 0.6) is 0 Å². The van der Waals surface area contributed by atoms with Gasteiger partial charge in [-0.1, -0.05) is 72.8 Å². The number of ether oxygens (including phenoxy) is 1. The van der Waals surface area contributed by atoms with Gasteiger partial charge in [0, 0.05) is 25.1 Å². The number of benzene rings is 3. The third-order valence-electron chi connectivity index (χ3n) is 5.42. The fourth-order valence-corrected chi connectivity index (χ4v) is 3.74. The second-order valence-electron chi connectivity index (χ2n) is 7.62. The summed E-state index contributed by atoms with van der Waals surface area (Å²) in [4.78, 5) is 12.9. The van der Waals surface area contributed by atoms with Crippen LogP contribution >= 0.6 is 0 Å². The number of carbonyl (C=O) groups is 1. The molecule has 2 unspecified atom stereocenters. The minimum absolute atomic E-state index is 0.0584. The van der Waals surface area contributed by atoms with Crippen molar-refractivity contribution in [2.45, 2.75) is 19.0 Å². The van der Waals surface area contributed by atoms with Crippen LogP contribution in [0.4, 0.5) is 0 Å². The van der Waals surface area contributed by atoms with Gasteiger partial charge >= 0.3 is 0 Å². The highest BCUT2D eigenvalue weighted by Gasteiger charge is 2.22. The van der Waals surface area contributed by atoms with Crippen LogP contribution in [-0.2, 0) is 17.7 Å². The third kappa shape index (κ3) is 6.14. The summed E-state index contributed by atoms with van der Waals surface area (Å²) in [5.41, 5.74) is 10.8. The van der Waals surface area contributed by atoms with Crippen molar-refractivity contribution in [3.63, 3.8) is 0 Å². The zero-order valence-corrected chi connectivity index (χ0v) is 18.0. The van der Waals surface area contributed by atoms with Crippen LogP contribution in [0.25, 0.3) is 11.1 Å². The number of nitrogens with one attached hydrogen (secondary N) is 1. The molecule has 0 aliphatic heterocycles. The number of nitrogens with two attached hydrogens (primary N) is 1. The number of rotatable bonds is 10. The van der Waals surface area contributed by atoms with Crippen molar-refractivity contribution in [1.29, 1.82) is 0 Å². The van der Waals surface area contributed by atoms with Crippen LogP contribution in [0.2, 0.25) is 0 Å². The fourth-order valence-electron chi connectivity index (χ4n) is 3.74. The van der Waals surface area contributed by atoms with Gasteiger partial charge in [0.25, 0.3) is 5.91 Å². The monoisotopic (exact) mass is 414 g/mol. The van der Waals surface area contributed by atoms with Crippen molar-refractivity contribution in [1.82, 2.24) is 5.32 Å². The molecule has 3 N–H and O–H groups in total. The first-order valence-electron chi connectivity index (χ1n) is 10.5. The van der Waals surface area contributed by atoms with Crippen molar-refractivity contribution in [3.05, 3.63) is 108 Å². The summed E-state index contributed by atoms with van der Waals surface area (Å²) in [6.07, 6.45) is 2.54. The molecule has 31 heavy (non-hydrogen) atoms. The van der Waals surface area contributed by atoms with E-state index in [4.69, 9.17) is 10.5 Å². The highest BCUT2D eigenvalue weighted by Crippen LogP contribution is 2.20. The summed E-state index contributed by atoms with van der Waals surface area (Å²) < 4.78 is 5.44. The molecule has 3 aromatic carbocycles. The van der Waals surface area contributed by atoms with Crippen molar-refractivity contribution < 1.29 is 9.53 Å². The van der Waals surface area contributed by atoms with Crippen molar-refractivity contribution in [2.75, 3.05) is 13.7 Å². The molecule has 0 fully saturated rings. The van der Waals surface area contributed by atoms with Gasteiger partial charge in [-0.3, -0.25) is 4.79 Å². The first-order chi connectivity index (χ1) is 15.1. The van der Waals surface area contributed by atoms with Gasteiger partial charge in [-0.2, -0.15) is 0 Å². The van der Waals surface area contributed by atoms with Crippen LogP contribution in [-0.4, -0.2) is 25.7 Å². The SMILES string of the molecule is C=CC(NC(=O)c1ccc(-c2ccccc2)cc1)C(COC)Cc1cccc(CN)c1. The van der Waals surface area contributed by atoms with E-state index in [2.05, 4.69) is 36.2 Å². The molecule has 0 aliphatic rings. The van der Waals surface area contributed by atoms with E-state index in [-0.39, 0.29) is 17.9 Å². The lowest BCUT2D eigenvalue weighted by atomic mass is 9.91. The summed E-state index contributed by atoms with van der Waals surface area (Å²) in [7, 11) is 1.67. The zero-order chi connectivity index (χ0) is 22.1. The van der Waals surface area contributed by atoms with E-state index in [1.165, 1.54) is 5.56 Å². The zero-order valence-electron chi connectivity index (χ0n) is 18.0. The second-order valence-corrected chi connectivity index (χ2v) is 7.62. The van der Waals surface area contributed by atoms with Gasteiger partial charge < -0.3 is 15.8 Å². The van der Waals surface area contributed by atoms with E-state index in [1.807, 2.05) is 54.6 Å². The molecule has 160 valence electrons. The third-order valence-corrected chi connectivity index (χ3v) is 5.42. The molecule has 0 saturated heterocycles. The maximum absolute atomic E-state index is 12.9. The largest absolute Gasteiger partial charge is 0.384 e. The predicted molar refractivity (Wildman–Crippen MR) is 127 cm³/mol. The quantitative estimate of drug-likeness (QED) is 0.477. The maximum Gasteiger partial charge on any atom is 0.251 e. The van der Waals surface area contributed by atoms with Gasteiger partial charge in [-0.05, 0) is 40.8 Å². The summed E-state index contributed by atoms with van der Waals surface area (Å²) in [5.74, 6) is -0.0654. The molecule has 4 heteroatoms. The topological polar surface area (TPSA) is 64.3 Å². The molecule has 0 heterocycles. The number of methoxy groups -OCH3 is 1. The lowest BCUT2D eigenvalue weighted by Gasteiger charge is -2.25. The Balaban J connectivity index is 1.71. The molecular formula is C27H30N2O2. The minimum Gasteiger partial charge on any atom is -0.384 e. The van der Waals surface area contributed by atoms with E-state index in [1.54, 1.807) is 13.2 Å². The average molecular weight is 415 g/mol. The highest BCUT2D eigenvalue weighted by atomic mass is 16.5. The Kier molecular flexibility index (Phi) is 8.16. The Morgan fingerprint density at radius 1 is 1.00 bits per heavy atom. The van der Waals surface area contributed by atoms with E-state index >= 15 is 0 Å². The molecule has 1 amide bonds. The highest BCUT2D eigenvalue weighted by molar-refractivity contribution is 5.95. The smallest absolute Gasteiger partial charge is 0.251 e. The summed E-state index contributed by atoms with van der Waals surface area (Å²) in [5, 5.41) is 3.11. The molecule has 3 aromatic rings. The number of carbonyl (C=O) groups excluding carboxylic acids is 1. The maximum atomic E-state index is 12.9. The molecule has 2 atom stereocenters. The number of hydrogen-bond acceptors (Lipinski definition) is 3. The van der Waals surface area contributed by atoms with Crippen molar-refractivity contribution >= 4 is 5.91 Å². The fraction of sp³-hybridized carbons (Fsp3) is 0.222. The van der Waals surface area contributed by atoms with Gasteiger partial charge in [-0.25, -0.2) is 0 Å².